The van der Waals surface area contributed by atoms with Crippen molar-refractivity contribution in [1.29, 1.82) is 0 Å². The average Bonchev–Trinajstić information content (AvgIpc) is 2.35. The van der Waals surface area contributed by atoms with Crippen LogP contribution in [-0.2, 0) is 0 Å². The third-order valence-corrected chi connectivity index (χ3v) is 3.64. The third-order valence-electron chi connectivity index (χ3n) is 2.43. The van der Waals surface area contributed by atoms with Crippen molar-refractivity contribution in [1.82, 2.24) is 0 Å². The van der Waals surface area contributed by atoms with Crippen LogP contribution in [0.15, 0.2) is 34.8 Å². The number of benzene rings is 2. The largest absolute Gasteiger partial charge is 0.322 e. The van der Waals surface area contributed by atoms with Crippen LogP contribution in [0.4, 0.5) is 14.5 Å². The Kier molecular flexibility index (Phi) is 4.62. The number of carbonyl (C=O) groups excluding carboxylic acids is 1. The second-order valence-electron chi connectivity index (χ2n) is 3.80. The molecule has 0 bridgehead atoms. The lowest BCUT2D eigenvalue weighted by Crippen LogP contribution is -2.14. The van der Waals surface area contributed by atoms with Gasteiger partial charge in [-0.2, -0.15) is 0 Å². The number of amides is 1. The summed E-state index contributed by atoms with van der Waals surface area (Å²) in [4.78, 5) is 12.0. The SMILES string of the molecule is O=C(Nc1cc(Cl)c(F)c(Cl)c1)c1c(F)cccc1Br. The second-order valence-corrected chi connectivity index (χ2v) is 5.47. The molecule has 0 saturated carbocycles. The molecule has 0 radical (unpaired) electrons. The fraction of sp³-hybridized carbons (Fsp3) is 0. The first kappa shape index (κ1) is 15.2. The van der Waals surface area contributed by atoms with Gasteiger partial charge in [0.05, 0.1) is 15.6 Å². The zero-order chi connectivity index (χ0) is 14.9. The summed E-state index contributed by atoms with van der Waals surface area (Å²) < 4.78 is 27.2. The van der Waals surface area contributed by atoms with Gasteiger partial charge in [-0.05, 0) is 40.2 Å². The summed E-state index contributed by atoms with van der Waals surface area (Å²) in [6.45, 7) is 0. The van der Waals surface area contributed by atoms with E-state index < -0.39 is 17.5 Å². The van der Waals surface area contributed by atoms with Crippen LogP contribution >= 0.6 is 39.1 Å². The predicted molar refractivity (Wildman–Crippen MR) is 78.5 cm³/mol. The minimum Gasteiger partial charge on any atom is -0.322 e. The van der Waals surface area contributed by atoms with E-state index in [0.29, 0.717) is 4.47 Å². The zero-order valence-corrected chi connectivity index (χ0v) is 12.8. The molecule has 0 saturated heterocycles. The van der Waals surface area contributed by atoms with Crippen molar-refractivity contribution in [2.24, 2.45) is 0 Å². The molecular formula is C13H6BrCl2F2NO. The van der Waals surface area contributed by atoms with Crippen molar-refractivity contribution in [3.8, 4) is 0 Å². The van der Waals surface area contributed by atoms with Gasteiger partial charge in [0.25, 0.3) is 5.91 Å². The van der Waals surface area contributed by atoms with E-state index in [1.54, 1.807) is 0 Å². The Morgan fingerprint density at radius 1 is 1.15 bits per heavy atom. The monoisotopic (exact) mass is 379 g/mol. The first-order valence-corrected chi connectivity index (χ1v) is 6.85. The highest BCUT2D eigenvalue weighted by Gasteiger charge is 2.16. The molecule has 2 nitrogen and oxygen atoms in total. The van der Waals surface area contributed by atoms with Gasteiger partial charge >= 0.3 is 0 Å². The van der Waals surface area contributed by atoms with Gasteiger partial charge in [0.2, 0.25) is 0 Å². The first-order chi connectivity index (χ1) is 9.40. The highest BCUT2D eigenvalue weighted by atomic mass is 79.9. The van der Waals surface area contributed by atoms with Crippen LogP contribution in [0.3, 0.4) is 0 Å². The van der Waals surface area contributed by atoms with Crippen molar-refractivity contribution in [2.75, 3.05) is 5.32 Å². The fourth-order valence-corrected chi connectivity index (χ4v) is 2.55. The van der Waals surface area contributed by atoms with Crippen molar-refractivity contribution in [3.05, 3.63) is 62.0 Å². The predicted octanol–water partition coefficient (Wildman–Crippen LogP) is 5.29. The quantitative estimate of drug-likeness (QED) is 0.705. The number of hydrogen-bond acceptors (Lipinski definition) is 1. The van der Waals surface area contributed by atoms with E-state index >= 15 is 0 Å². The molecule has 0 aliphatic heterocycles. The maximum absolute atomic E-state index is 13.6. The highest BCUT2D eigenvalue weighted by molar-refractivity contribution is 9.10. The molecule has 1 amide bonds. The molecular weight excluding hydrogens is 375 g/mol. The molecule has 0 spiro atoms. The molecule has 20 heavy (non-hydrogen) atoms. The summed E-state index contributed by atoms with van der Waals surface area (Å²) in [5.41, 5.74) is 0.00521. The smallest absolute Gasteiger partial charge is 0.259 e. The Morgan fingerprint density at radius 2 is 1.75 bits per heavy atom. The maximum atomic E-state index is 13.6. The Labute approximate surface area is 131 Å². The molecule has 7 heteroatoms. The van der Waals surface area contributed by atoms with E-state index in [0.717, 1.165) is 6.07 Å². The van der Waals surface area contributed by atoms with Crippen LogP contribution in [0.5, 0.6) is 0 Å². The lowest BCUT2D eigenvalue weighted by molar-refractivity contribution is 0.102. The zero-order valence-electron chi connectivity index (χ0n) is 9.68. The molecule has 1 N–H and O–H groups in total. The van der Waals surface area contributed by atoms with Crippen LogP contribution in [0.1, 0.15) is 10.4 Å². The van der Waals surface area contributed by atoms with Crippen LogP contribution in [0.2, 0.25) is 10.0 Å². The summed E-state index contributed by atoms with van der Waals surface area (Å²) in [7, 11) is 0. The Hall–Kier alpha value is -1.17. The lowest BCUT2D eigenvalue weighted by atomic mass is 10.2. The topological polar surface area (TPSA) is 29.1 Å². The van der Waals surface area contributed by atoms with Gasteiger partial charge in [-0.25, -0.2) is 8.78 Å². The van der Waals surface area contributed by atoms with E-state index in [1.807, 2.05) is 0 Å². The lowest BCUT2D eigenvalue weighted by Gasteiger charge is -2.09. The van der Waals surface area contributed by atoms with Gasteiger partial charge in [0.1, 0.15) is 5.82 Å². The van der Waals surface area contributed by atoms with Crippen molar-refractivity contribution in [3.63, 3.8) is 0 Å². The van der Waals surface area contributed by atoms with Crippen LogP contribution in [0, 0.1) is 11.6 Å². The Bertz CT molecular complexity index is 651. The van der Waals surface area contributed by atoms with E-state index in [-0.39, 0.29) is 21.3 Å². The minimum absolute atomic E-state index is 0.163. The summed E-state index contributed by atoms with van der Waals surface area (Å²) in [6.07, 6.45) is 0. The molecule has 0 heterocycles. The summed E-state index contributed by atoms with van der Waals surface area (Å²) >= 11 is 14.3. The van der Waals surface area contributed by atoms with Gasteiger partial charge < -0.3 is 5.32 Å². The molecule has 2 aromatic rings. The van der Waals surface area contributed by atoms with E-state index in [2.05, 4.69) is 21.2 Å². The molecule has 0 aliphatic carbocycles. The normalized spacial score (nSPS) is 10.4. The average molecular weight is 381 g/mol. The van der Waals surface area contributed by atoms with Crippen molar-refractivity contribution in [2.45, 2.75) is 0 Å². The Balaban J connectivity index is 2.33. The van der Waals surface area contributed by atoms with Gasteiger partial charge in [-0.15, -0.1) is 0 Å². The number of nitrogens with one attached hydrogen (secondary N) is 1. The number of halogens is 5. The van der Waals surface area contributed by atoms with Crippen molar-refractivity contribution < 1.29 is 13.6 Å². The number of carbonyl (C=O) groups is 1. The first-order valence-electron chi connectivity index (χ1n) is 5.30. The highest BCUT2D eigenvalue weighted by Crippen LogP contribution is 2.28. The van der Waals surface area contributed by atoms with Crippen LogP contribution in [0.25, 0.3) is 0 Å². The third kappa shape index (κ3) is 3.11. The van der Waals surface area contributed by atoms with Crippen molar-refractivity contribution >= 4 is 50.7 Å². The minimum atomic E-state index is -0.779. The Morgan fingerprint density at radius 3 is 2.30 bits per heavy atom. The molecule has 0 unspecified atom stereocenters. The van der Waals surface area contributed by atoms with Crippen LogP contribution in [-0.4, -0.2) is 5.91 Å². The van der Waals surface area contributed by atoms with Gasteiger partial charge in [0, 0.05) is 10.2 Å². The molecule has 104 valence electrons. The maximum Gasteiger partial charge on any atom is 0.259 e. The molecule has 0 aromatic heterocycles. The van der Waals surface area contributed by atoms with Gasteiger partial charge in [0.15, 0.2) is 5.82 Å². The van der Waals surface area contributed by atoms with Gasteiger partial charge in [-0.3, -0.25) is 4.79 Å². The van der Waals surface area contributed by atoms with Crippen LogP contribution < -0.4 is 5.32 Å². The van der Waals surface area contributed by atoms with E-state index in [4.69, 9.17) is 23.2 Å². The summed E-state index contributed by atoms with van der Waals surface area (Å²) in [5.74, 6) is -2.16. The molecule has 0 fully saturated rings. The molecule has 0 aliphatic rings. The van der Waals surface area contributed by atoms with E-state index in [1.165, 1.54) is 24.3 Å². The van der Waals surface area contributed by atoms with Gasteiger partial charge in [-0.1, -0.05) is 29.3 Å². The van der Waals surface area contributed by atoms with E-state index in [9.17, 15) is 13.6 Å². The summed E-state index contributed by atoms with van der Waals surface area (Å²) in [5, 5.41) is 1.93. The molecule has 2 rings (SSSR count). The number of hydrogen-bond donors (Lipinski definition) is 1. The standard InChI is InChI=1S/C13H6BrCl2F2NO/c14-7-2-1-3-10(17)11(7)13(20)19-6-4-8(15)12(18)9(16)5-6/h1-5H,(H,19,20). The summed E-state index contributed by atoms with van der Waals surface area (Å²) in [6, 6.07) is 6.53. The molecule has 2 aromatic carbocycles. The molecule has 0 atom stereocenters. The second kappa shape index (κ2) is 6.08. The fourth-order valence-electron chi connectivity index (χ4n) is 1.54. The number of anilines is 1. The number of rotatable bonds is 2.